The Morgan fingerprint density at radius 3 is 2.83 bits per heavy atom. The molecule has 3 heterocycles. The van der Waals surface area contributed by atoms with Gasteiger partial charge in [0.05, 0.1) is 5.52 Å². The Morgan fingerprint density at radius 1 is 1.09 bits per heavy atom. The molecule has 0 saturated carbocycles. The molecule has 4 rings (SSSR count). The van der Waals surface area contributed by atoms with E-state index in [-0.39, 0.29) is 10.8 Å². The molecule has 114 valence electrons. The molecule has 0 radical (unpaired) electrons. The molecule has 0 aliphatic carbocycles. The monoisotopic (exact) mass is 326 g/mol. The minimum absolute atomic E-state index is 0.0445. The van der Waals surface area contributed by atoms with Crippen LogP contribution in [0, 0.1) is 0 Å². The molecule has 0 saturated heterocycles. The summed E-state index contributed by atoms with van der Waals surface area (Å²) < 4.78 is 28.6. The Labute approximate surface area is 130 Å². The fraction of sp³-hybridized carbons (Fsp3) is 0. The van der Waals surface area contributed by atoms with Crippen molar-refractivity contribution in [2.45, 2.75) is 4.90 Å². The highest BCUT2D eigenvalue weighted by atomic mass is 32.2. The fourth-order valence-electron chi connectivity index (χ4n) is 2.15. The number of sulfonamides is 1. The third-order valence-electron chi connectivity index (χ3n) is 3.22. The molecule has 0 amide bonds. The van der Waals surface area contributed by atoms with E-state index < -0.39 is 10.0 Å². The van der Waals surface area contributed by atoms with Crippen LogP contribution in [-0.4, -0.2) is 33.0 Å². The SMILES string of the molecule is O=S(=O)(Nc1nc2ncccn2n1)c1cnc2ccccc2c1. The lowest BCUT2D eigenvalue weighted by Crippen LogP contribution is -2.14. The van der Waals surface area contributed by atoms with Crippen molar-refractivity contribution in [3.8, 4) is 0 Å². The zero-order chi connectivity index (χ0) is 15.9. The van der Waals surface area contributed by atoms with Crippen molar-refractivity contribution in [2.75, 3.05) is 4.72 Å². The van der Waals surface area contributed by atoms with E-state index in [0.717, 1.165) is 10.9 Å². The molecule has 1 aromatic carbocycles. The number of anilines is 1. The highest BCUT2D eigenvalue weighted by molar-refractivity contribution is 7.92. The van der Waals surface area contributed by atoms with Crippen LogP contribution in [0.15, 0.2) is 59.9 Å². The molecule has 0 fully saturated rings. The van der Waals surface area contributed by atoms with E-state index in [1.807, 2.05) is 18.2 Å². The molecule has 0 bridgehead atoms. The molecule has 9 heteroatoms. The van der Waals surface area contributed by atoms with E-state index in [2.05, 4.69) is 24.8 Å². The van der Waals surface area contributed by atoms with Crippen LogP contribution in [-0.2, 0) is 10.0 Å². The number of nitrogens with one attached hydrogen (secondary N) is 1. The first kappa shape index (κ1) is 13.6. The number of rotatable bonds is 3. The van der Waals surface area contributed by atoms with Crippen molar-refractivity contribution < 1.29 is 8.42 Å². The molecular weight excluding hydrogens is 316 g/mol. The van der Waals surface area contributed by atoms with Gasteiger partial charge in [0.2, 0.25) is 0 Å². The number of hydrogen-bond acceptors (Lipinski definition) is 6. The van der Waals surface area contributed by atoms with Crippen LogP contribution >= 0.6 is 0 Å². The smallest absolute Gasteiger partial charge is 0.255 e. The largest absolute Gasteiger partial charge is 0.265 e. The van der Waals surface area contributed by atoms with Gasteiger partial charge in [-0.1, -0.05) is 18.2 Å². The summed E-state index contributed by atoms with van der Waals surface area (Å²) in [5.74, 6) is 0.263. The highest BCUT2D eigenvalue weighted by Gasteiger charge is 2.18. The minimum atomic E-state index is -3.83. The molecule has 1 N–H and O–H groups in total. The summed E-state index contributed by atoms with van der Waals surface area (Å²) in [5, 5.41) is 4.75. The number of hydrogen-bond donors (Lipinski definition) is 1. The molecule has 8 nitrogen and oxygen atoms in total. The average molecular weight is 326 g/mol. The third-order valence-corrected chi connectivity index (χ3v) is 4.51. The van der Waals surface area contributed by atoms with Crippen molar-refractivity contribution >= 4 is 32.7 Å². The number of fused-ring (bicyclic) bond motifs is 2. The van der Waals surface area contributed by atoms with Crippen molar-refractivity contribution in [3.05, 3.63) is 55.0 Å². The predicted molar refractivity (Wildman–Crippen MR) is 83.3 cm³/mol. The van der Waals surface area contributed by atoms with Gasteiger partial charge in [0.1, 0.15) is 4.90 Å². The summed E-state index contributed by atoms with van der Waals surface area (Å²) in [7, 11) is -3.83. The Bertz CT molecular complexity index is 1090. The number of benzene rings is 1. The van der Waals surface area contributed by atoms with E-state index in [9.17, 15) is 8.42 Å². The van der Waals surface area contributed by atoms with E-state index in [0.29, 0.717) is 5.78 Å². The van der Waals surface area contributed by atoms with Crippen LogP contribution in [0.1, 0.15) is 0 Å². The maximum absolute atomic E-state index is 12.5. The average Bonchev–Trinajstić information content (AvgIpc) is 2.95. The standard InChI is InChI=1S/C14H10N6O2S/c21-23(22,11-8-10-4-1-2-5-12(10)16-9-11)19-13-17-14-15-6-3-7-20(14)18-13/h1-9H,(H,18,19). The van der Waals surface area contributed by atoms with Crippen LogP contribution in [0.2, 0.25) is 0 Å². The van der Waals surface area contributed by atoms with Crippen LogP contribution in [0.5, 0.6) is 0 Å². The number of para-hydroxylation sites is 1. The number of nitrogens with zero attached hydrogens (tertiary/aromatic N) is 5. The molecule has 23 heavy (non-hydrogen) atoms. The van der Waals surface area contributed by atoms with Crippen LogP contribution < -0.4 is 4.72 Å². The topological polar surface area (TPSA) is 102 Å². The maximum atomic E-state index is 12.5. The Balaban J connectivity index is 1.73. The zero-order valence-electron chi connectivity index (χ0n) is 11.7. The molecular formula is C14H10N6O2S. The molecule has 0 atom stereocenters. The lowest BCUT2D eigenvalue weighted by molar-refractivity contribution is 0.600. The van der Waals surface area contributed by atoms with Gasteiger partial charge in [-0.15, -0.1) is 5.10 Å². The van der Waals surface area contributed by atoms with E-state index in [4.69, 9.17) is 0 Å². The van der Waals surface area contributed by atoms with Gasteiger partial charge in [-0.3, -0.25) is 4.98 Å². The Morgan fingerprint density at radius 2 is 1.96 bits per heavy atom. The summed E-state index contributed by atoms with van der Waals surface area (Å²) in [4.78, 5) is 12.2. The normalized spacial score (nSPS) is 11.8. The summed E-state index contributed by atoms with van der Waals surface area (Å²) in [6, 6.07) is 10.5. The maximum Gasteiger partial charge on any atom is 0.265 e. The molecule has 0 aliphatic rings. The van der Waals surface area contributed by atoms with Crippen LogP contribution in [0.4, 0.5) is 5.95 Å². The second-order valence-electron chi connectivity index (χ2n) is 4.77. The first-order chi connectivity index (χ1) is 11.1. The van der Waals surface area contributed by atoms with Gasteiger partial charge in [0.15, 0.2) is 0 Å². The molecule has 3 aromatic heterocycles. The summed E-state index contributed by atoms with van der Waals surface area (Å²) >= 11 is 0. The van der Waals surface area contributed by atoms with Gasteiger partial charge in [-0.25, -0.2) is 22.6 Å². The van der Waals surface area contributed by atoms with Crippen molar-refractivity contribution in [2.24, 2.45) is 0 Å². The minimum Gasteiger partial charge on any atom is -0.255 e. The fourth-order valence-corrected chi connectivity index (χ4v) is 3.07. The predicted octanol–water partition coefficient (Wildman–Crippen LogP) is 1.47. The lowest BCUT2D eigenvalue weighted by Gasteiger charge is -2.05. The third kappa shape index (κ3) is 2.46. The second-order valence-corrected chi connectivity index (χ2v) is 6.45. The zero-order valence-corrected chi connectivity index (χ0v) is 12.5. The molecule has 0 unspecified atom stereocenters. The van der Waals surface area contributed by atoms with Gasteiger partial charge in [-0.05, 0) is 18.2 Å². The van der Waals surface area contributed by atoms with Gasteiger partial charge < -0.3 is 0 Å². The first-order valence-electron chi connectivity index (χ1n) is 6.67. The van der Waals surface area contributed by atoms with Gasteiger partial charge in [-0.2, -0.15) is 4.98 Å². The summed E-state index contributed by atoms with van der Waals surface area (Å²) in [6.07, 6.45) is 4.49. The summed E-state index contributed by atoms with van der Waals surface area (Å²) in [5.41, 5.74) is 0.724. The van der Waals surface area contributed by atoms with E-state index in [1.165, 1.54) is 10.7 Å². The van der Waals surface area contributed by atoms with E-state index in [1.54, 1.807) is 30.6 Å². The van der Waals surface area contributed by atoms with Crippen molar-refractivity contribution in [1.29, 1.82) is 0 Å². The lowest BCUT2D eigenvalue weighted by atomic mass is 10.2. The van der Waals surface area contributed by atoms with Crippen LogP contribution in [0.25, 0.3) is 16.7 Å². The quantitative estimate of drug-likeness (QED) is 0.612. The Kier molecular flexibility index (Phi) is 2.95. The van der Waals surface area contributed by atoms with Crippen LogP contribution in [0.3, 0.4) is 0 Å². The molecule has 0 spiro atoms. The van der Waals surface area contributed by atoms with E-state index >= 15 is 0 Å². The van der Waals surface area contributed by atoms with Crippen molar-refractivity contribution in [3.63, 3.8) is 0 Å². The summed E-state index contributed by atoms with van der Waals surface area (Å²) in [6.45, 7) is 0. The van der Waals surface area contributed by atoms with Crippen molar-refractivity contribution in [1.82, 2.24) is 24.6 Å². The Hall–Kier alpha value is -3.07. The first-order valence-corrected chi connectivity index (χ1v) is 8.15. The number of aromatic nitrogens is 5. The van der Waals surface area contributed by atoms with Gasteiger partial charge in [0.25, 0.3) is 21.7 Å². The highest BCUT2D eigenvalue weighted by Crippen LogP contribution is 2.18. The second kappa shape index (κ2) is 4.99. The molecule has 0 aliphatic heterocycles. The molecule has 4 aromatic rings. The number of pyridine rings is 1. The van der Waals surface area contributed by atoms with Gasteiger partial charge in [0, 0.05) is 24.0 Å². The van der Waals surface area contributed by atoms with Gasteiger partial charge >= 0.3 is 0 Å².